The predicted octanol–water partition coefficient (Wildman–Crippen LogP) is 3.03. The van der Waals surface area contributed by atoms with E-state index in [9.17, 15) is 17.6 Å². The summed E-state index contributed by atoms with van der Waals surface area (Å²) in [5.74, 6) is -0.836. The minimum absolute atomic E-state index is 0.346. The van der Waals surface area contributed by atoms with Gasteiger partial charge in [-0.2, -0.15) is 13.2 Å². The van der Waals surface area contributed by atoms with E-state index < -0.39 is 17.6 Å². The standard InChI is InChI=1S/C14H18F4N2/c1-19-13-3-2-4-20(9-13)8-10-5-11(14(16,17)18)7-12(15)6-10/h5-7,13,19H,2-4,8-9H2,1H3. The molecule has 0 aromatic heterocycles. The number of likely N-dealkylation sites (tertiary alicyclic amines) is 1. The Hall–Kier alpha value is -1.14. The van der Waals surface area contributed by atoms with Gasteiger partial charge in [0.05, 0.1) is 5.56 Å². The van der Waals surface area contributed by atoms with Gasteiger partial charge in [0, 0.05) is 19.1 Å². The monoisotopic (exact) mass is 290 g/mol. The second-order valence-corrected chi connectivity index (χ2v) is 5.21. The molecule has 1 aromatic rings. The van der Waals surface area contributed by atoms with Gasteiger partial charge in [-0.3, -0.25) is 4.90 Å². The summed E-state index contributed by atoms with van der Waals surface area (Å²) >= 11 is 0. The first-order valence-electron chi connectivity index (χ1n) is 6.65. The molecule has 1 N–H and O–H groups in total. The average molecular weight is 290 g/mol. The van der Waals surface area contributed by atoms with Crippen LogP contribution in [0.5, 0.6) is 0 Å². The second kappa shape index (κ2) is 6.10. The van der Waals surface area contributed by atoms with Gasteiger partial charge < -0.3 is 5.32 Å². The van der Waals surface area contributed by atoms with Gasteiger partial charge in [0.1, 0.15) is 5.82 Å². The summed E-state index contributed by atoms with van der Waals surface area (Å²) < 4.78 is 51.3. The van der Waals surface area contributed by atoms with Crippen LogP contribution in [0.1, 0.15) is 24.0 Å². The van der Waals surface area contributed by atoms with Crippen LogP contribution in [0.25, 0.3) is 0 Å². The molecule has 0 saturated carbocycles. The number of likely N-dealkylation sites (N-methyl/N-ethyl adjacent to an activating group) is 1. The molecule has 1 saturated heterocycles. The summed E-state index contributed by atoms with van der Waals surface area (Å²) in [6, 6.07) is 3.10. The molecule has 0 amide bonds. The summed E-state index contributed by atoms with van der Waals surface area (Å²) in [7, 11) is 1.87. The van der Waals surface area contributed by atoms with Crippen molar-refractivity contribution >= 4 is 0 Å². The number of nitrogens with zero attached hydrogens (tertiary/aromatic N) is 1. The van der Waals surface area contributed by atoms with Crippen LogP contribution in [0.3, 0.4) is 0 Å². The van der Waals surface area contributed by atoms with Gasteiger partial charge in [0.25, 0.3) is 0 Å². The van der Waals surface area contributed by atoms with E-state index in [4.69, 9.17) is 0 Å². The summed E-state index contributed by atoms with van der Waals surface area (Å²) in [6.45, 7) is 1.95. The fraction of sp³-hybridized carbons (Fsp3) is 0.571. The highest BCUT2D eigenvalue weighted by Crippen LogP contribution is 2.30. The van der Waals surface area contributed by atoms with Crippen LogP contribution in [0.15, 0.2) is 18.2 Å². The van der Waals surface area contributed by atoms with Crippen molar-refractivity contribution < 1.29 is 17.6 Å². The SMILES string of the molecule is CNC1CCCN(Cc2cc(F)cc(C(F)(F)F)c2)C1. The highest BCUT2D eigenvalue weighted by atomic mass is 19.4. The first-order valence-corrected chi connectivity index (χ1v) is 6.65. The molecule has 1 aromatic carbocycles. The Morgan fingerprint density at radius 1 is 1.30 bits per heavy atom. The summed E-state index contributed by atoms with van der Waals surface area (Å²) in [6.07, 6.45) is -2.46. The van der Waals surface area contributed by atoms with E-state index in [1.165, 1.54) is 6.07 Å². The first kappa shape index (κ1) is 15.3. The lowest BCUT2D eigenvalue weighted by molar-refractivity contribution is -0.137. The molecule has 1 aliphatic heterocycles. The fourth-order valence-corrected chi connectivity index (χ4v) is 2.60. The molecule has 1 heterocycles. The number of halogens is 4. The number of nitrogens with one attached hydrogen (secondary N) is 1. The summed E-state index contributed by atoms with van der Waals surface area (Å²) in [4.78, 5) is 2.06. The van der Waals surface area contributed by atoms with Crippen LogP contribution in [-0.4, -0.2) is 31.1 Å². The van der Waals surface area contributed by atoms with Gasteiger partial charge in [-0.1, -0.05) is 0 Å². The molecule has 2 rings (SSSR count). The normalized spacial score (nSPS) is 21.1. The molecule has 1 fully saturated rings. The number of benzene rings is 1. The maximum atomic E-state index is 13.3. The fourth-order valence-electron chi connectivity index (χ4n) is 2.60. The van der Waals surface area contributed by atoms with E-state index in [0.717, 1.165) is 32.0 Å². The number of hydrogen-bond donors (Lipinski definition) is 1. The molecular formula is C14H18F4N2. The van der Waals surface area contributed by atoms with E-state index in [-0.39, 0.29) is 0 Å². The van der Waals surface area contributed by atoms with Crippen molar-refractivity contribution in [2.45, 2.75) is 31.6 Å². The Kier molecular flexibility index (Phi) is 4.65. The molecule has 1 atom stereocenters. The Morgan fingerprint density at radius 3 is 2.70 bits per heavy atom. The van der Waals surface area contributed by atoms with Crippen LogP contribution in [0.2, 0.25) is 0 Å². The topological polar surface area (TPSA) is 15.3 Å². The Morgan fingerprint density at radius 2 is 2.05 bits per heavy atom. The van der Waals surface area contributed by atoms with Gasteiger partial charge in [0.15, 0.2) is 0 Å². The number of piperidine rings is 1. The van der Waals surface area contributed by atoms with Gasteiger partial charge >= 0.3 is 6.18 Å². The minimum atomic E-state index is -4.51. The highest BCUT2D eigenvalue weighted by molar-refractivity contribution is 5.26. The van der Waals surface area contributed by atoms with E-state index in [0.29, 0.717) is 24.2 Å². The average Bonchev–Trinajstić information content (AvgIpc) is 2.37. The maximum Gasteiger partial charge on any atom is 0.416 e. The zero-order valence-corrected chi connectivity index (χ0v) is 11.3. The molecular weight excluding hydrogens is 272 g/mol. The largest absolute Gasteiger partial charge is 0.416 e. The van der Waals surface area contributed by atoms with Crippen LogP contribution in [0, 0.1) is 5.82 Å². The Balaban J connectivity index is 2.11. The van der Waals surface area contributed by atoms with Crippen molar-refractivity contribution in [3.05, 3.63) is 35.1 Å². The van der Waals surface area contributed by atoms with Gasteiger partial charge in [-0.05, 0) is 50.2 Å². The lowest BCUT2D eigenvalue weighted by atomic mass is 10.0. The maximum absolute atomic E-state index is 13.3. The lowest BCUT2D eigenvalue weighted by Crippen LogP contribution is -2.43. The van der Waals surface area contributed by atoms with E-state index in [1.54, 1.807) is 0 Å². The lowest BCUT2D eigenvalue weighted by Gasteiger charge is -2.32. The van der Waals surface area contributed by atoms with Crippen LogP contribution in [0.4, 0.5) is 17.6 Å². The minimum Gasteiger partial charge on any atom is -0.316 e. The molecule has 20 heavy (non-hydrogen) atoms. The van der Waals surface area contributed by atoms with E-state index in [2.05, 4.69) is 10.2 Å². The third-order valence-corrected chi connectivity index (χ3v) is 3.60. The quantitative estimate of drug-likeness (QED) is 0.861. The number of hydrogen-bond acceptors (Lipinski definition) is 2. The van der Waals surface area contributed by atoms with Crippen molar-refractivity contribution in [3.8, 4) is 0 Å². The zero-order chi connectivity index (χ0) is 14.8. The number of rotatable bonds is 3. The smallest absolute Gasteiger partial charge is 0.316 e. The third kappa shape index (κ3) is 3.93. The van der Waals surface area contributed by atoms with E-state index >= 15 is 0 Å². The van der Waals surface area contributed by atoms with Crippen molar-refractivity contribution in [3.63, 3.8) is 0 Å². The highest BCUT2D eigenvalue weighted by Gasteiger charge is 2.31. The second-order valence-electron chi connectivity index (χ2n) is 5.21. The van der Waals surface area contributed by atoms with Gasteiger partial charge in [0.2, 0.25) is 0 Å². The third-order valence-electron chi connectivity index (χ3n) is 3.60. The van der Waals surface area contributed by atoms with Crippen molar-refractivity contribution in [1.29, 1.82) is 0 Å². The molecule has 112 valence electrons. The van der Waals surface area contributed by atoms with Crippen molar-refractivity contribution in [2.75, 3.05) is 20.1 Å². The Bertz CT molecular complexity index is 459. The summed E-state index contributed by atoms with van der Waals surface area (Å²) in [5.41, 5.74) is -0.552. The van der Waals surface area contributed by atoms with Crippen LogP contribution in [-0.2, 0) is 12.7 Å². The molecule has 0 bridgehead atoms. The van der Waals surface area contributed by atoms with Crippen LogP contribution >= 0.6 is 0 Å². The molecule has 6 heteroatoms. The van der Waals surface area contributed by atoms with Crippen molar-refractivity contribution in [2.24, 2.45) is 0 Å². The molecule has 0 spiro atoms. The first-order chi connectivity index (χ1) is 9.38. The summed E-state index contributed by atoms with van der Waals surface area (Å²) in [5, 5.41) is 3.17. The molecule has 1 aliphatic rings. The predicted molar refractivity (Wildman–Crippen MR) is 68.8 cm³/mol. The van der Waals surface area contributed by atoms with Gasteiger partial charge in [-0.15, -0.1) is 0 Å². The van der Waals surface area contributed by atoms with E-state index in [1.807, 2.05) is 7.05 Å². The zero-order valence-electron chi connectivity index (χ0n) is 11.3. The molecule has 0 radical (unpaired) electrons. The molecule has 0 aliphatic carbocycles. The number of alkyl halides is 3. The molecule has 2 nitrogen and oxygen atoms in total. The van der Waals surface area contributed by atoms with Crippen molar-refractivity contribution in [1.82, 2.24) is 10.2 Å². The van der Waals surface area contributed by atoms with Gasteiger partial charge in [-0.25, -0.2) is 4.39 Å². The molecule has 1 unspecified atom stereocenters. The Labute approximate surface area is 115 Å². The van der Waals surface area contributed by atoms with Crippen LogP contribution < -0.4 is 5.32 Å².